The molecule has 138 valence electrons. The van der Waals surface area contributed by atoms with Crippen molar-refractivity contribution in [2.45, 2.75) is 13.0 Å². The standard InChI is InChI=1S/C19H18BrN5OS/c20-15-10-17(27-13-15)19-22-18(26-23-19)12-24-6-1-7-25(9-8-24)16-4-2-14(11-21)3-5-16/h2-5,10,13H,1,6-9,12H2. The molecular formula is C19H18BrN5OS. The summed E-state index contributed by atoms with van der Waals surface area (Å²) >= 11 is 5.05. The Labute approximate surface area is 170 Å². The van der Waals surface area contributed by atoms with Gasteiger partial charge in [0.15, 0.2) is 0 Å². The number of nitriles is 1. The van der Waals surface area contributed by atoms with Crippen LogP contribution in [-0.2, 0) is 6.54 Å². The topological polar surface area (TPSA) is 69.2 Å². The predicted molar refractivity (Wildman–Crippen MR) is 109 cm³/mol. The van der Waals surface area contributed by atoms with E-state index in [0.29, 0.717) is 23.8 Å². The molecule has 0 radical (unpaired) electrons. The van der Waals surface area contributed by atoms with Gasteiger partial charge in [-0.25, -0.2) is 0 Å². The molecule has 2 aromatic heterocycles. The van der Waals surface area contributed by atoms with E-state index in [1.54, 1.807) is 11.3 Å². The summed E-state index contributed by atoms with van der Waals surface area (Å²) in [6, 6.07) is 12.0. The fraction of sp³-hybridized carbons (Fsp3) is 0.316. The first kappa shape index (κ1) is 18.2. The molecule has 1 aliphatic heterocycles. The van der Waals surface area contributed by atoms with Crippen LogP contribution in [0.5, 0.6) is 0 Å². The average Bonchev–Trinajstić information content (AvgIpc) is 3.26. The van der Waals surface area contributed by atoms with Crippen molar-refractivity contribution in [2.24, 2.45) is 0 Å². The van der Waals surface area contributed by atoms with Crippen LogP contribution < -0.4 is 4.90 Å². The maximum absolute atomic E-state index is 8.94. The SMILES string of the molecule is N#Cc1ccc(N2CCCN(Cc3nc(-c4cc(Br)cs4)no3)CC2)cc1. The Bertz CT molecular complexity index is 946. The molecule has 0 atom stereocenters. The molecule has 0 bridgehead atoms. The van der Waals surface area contributed by atoms with Crippen LogP contribution in [-0.4, -0.2) is 41.2 Å². The monoisotopic (exact) mass is 443 g/mol. The van der Waals surface area contributed by atoms with Crippen molar-refractivity contribution in [3.8, 4) is 16.8 Å². The zero-order chi connectivity index (χ0) is 18.6. The molecule has 6 nitrogen and oxygen atoms in total. The van der Waals surface area contributed by atoms with E-state index in [1.807, 2.05) is 35.7 Å². The lowest BCUT2D eigenvalue weighted by Gasteiger charge is -2.23. The second-order valence-electron chi connectivity index (χ2n) is 6.42. The molecule has 0 saturated carbocycles. The van der Waals surface area contributed by atoms with Gasteiger partial charge in [0.25, 0.3) is 0 Å². The van der Waals surface area contributed by atoms with E-state index >= 15 is 0 Å². The fourth-order valence-electron chi connectivity index (χ4n) is 3.17. The van der Waals surface area contributed by atoms with Crippen LogP contribution in [0.25, 0.3) is 10.7 Å². The van der Waals surface area contributed by atoms with Gasteiger partial charge in [-0.3, -0.25) is 4.90 Å². The van der Waals surface area contributed by atoms with Crippen LogP contribution in [0.15, 0.2) is 44.7 Å². The number of aromatic nitrogens is 2. The highest BCUT2D eigenvalue weighted by atomic mass is 79.9. The maximum atomic E-state index is 8.94. The molecule has 0 spiro atoms. The predicted octanol–water partition coefficient (Wildman–Crippen LogP) is 4.14. The third-order valence-corrected chi connectivity index (χ3v) is 6.25. The van der Waals surface area contributed by atoms with E-state index < -0.39 is 0 Å². The number of nitrogens with zero attached hydrogens (tertiary/aromatic N) is 5. The first-order valence-electron chi connectivity index (χ1n) is 8.76. The second-order valence-corrected chi connectivity index (χ2v) is 8.24. The highest BCUT2D eigenvalue weighted by Gasteiger charge is 2.18. The van der Waals surface area contributed by atoms with Gasteiger partial charge in [0.1, 0.15) is 0 Å². The average molecular weight is 444 g/mol. The van der Waals surface area contributed by atoms with Gasteiger partial charge in [-0.15, -0.1) is 11.3 Å². The molecule has 8 heteroatoms. The number of hydrogen-bond donors (Lipinski definition) is 0. The third kappa shape index (κ3) is 4.38. The summed E-state index contributed by atoms with van der Waals surface area (Å²) < 4.78 is 6.48. The van der Waals surface area contributed by atoms with Gasteiger partial charge in [0.05, 0.1) is 23.1 Å². The Morgan fingerprint density at radius 2 is 2.04 bits per heavy atom. The van der Waals surface area contributed by atoms with Gasteiger partial charge in [0, 0.05) is 41.7 Å². The Kier molecular flexibility index (Phi) is 5.53. The van der Waals surface area contributed by atoms with Crippen molar-refractivity contribution in [3.05, 3.63) is 51.6 Å². The normalized spacial score (nSPS) is 15.5. The van der Waals surface area contributed by atoms with E-state index in [0.717, 1.165) is 41.9 Å². The second kappa shape index (κ2) is 8.21. The van der Waals surface area contributed by atoms with Gasteiger partial charge < -0.3 is 9.42 Å². The quantitative estimate of drug-likeness (QED) is 0.603. The number of thiophene rings is 1. The Hall–Kier alpha value is -2.21. The van der Waals surface area contributed by atoms with Gasteiger partial charge in [-0.05, 0) is 52.7 Å². The van der Waals surface area contributed by atoms with Crippen LogP contribution in [0.2, 0.25) is 0 Å². The number of halogens is 1. The van der Waals surface area contributed by atoms with Crippen molar-refractivity contribution >= 4 is 33.0 Å². The summed E-state index contributed by atoms with van der Waals surface area (Å²) in [6.07, 6.45) is 1.07. The first-order valence-corrected chi connectivity index (χ1v) is 10.4. The van der Waals surface area contributed by atoms with Crippen molar-refractivity contribution in [3.63, 3.8) is 0 Å². The van der Waals surface area contributed by atoms with Crippen molar-refractivity contribution in [1.29, 1.82) is 5.26 Å². The zero-order valence-electron chi connectivity index (χ0n) is 14.6. The molecule has 27 heavy (non-hydrogen) atoms. The summed E-state index contributed by atoms with van der Waals surface area (Å²) in [4.78, 5) is 10.3. The summed E-state index contributed by atoms with van der Waals surface area (Å²) in [5, 5.41) is 15.1. The minimum absolute atomic E-state index is 0.648. The summed E-state index contributed by atoms with van der Waals surface area (Å²) in [7, 11) is 0. The highest BCUT2D eigenvalue weighted by Crippen LogP contribution is 2.28. The molecule has 1 fully saturated rings. The Morgan fingerprint density at radius 3 is 2.78 bits per heavy atom. The molecule has 4 rings (SSSR count). The lowest BCUT2D eigenvalue weighted by atomic mass is 10.2. The van der Waals surface area contributed by atoms with E-state index in [-0.39, 0.29) is 0 Å². The molecule has 0 N–H and O–H groups in total. The Morgan fingerprint density at radius 1 is 1.19 bits per heavy atom. The smallest absolute Gasteiger partial charge is 0.241 e. The maximum Gasteiger partial charge on any atom is 0.241 e. The molecule has 1 saturated heterocycles. The number of anilines is 1. The minimum atomic E-state index is 0.648. The number of rotatable bonds is 4. The third-order valence-electron chi connectivity index (χ3n) is 4.56. The van der Waals surface area contributed by atoms with Crippen molar-refractivity contribution in [1.82, 2.24) is 15.0 Å². The van der Waals surface area contributed by atoms with Crippen molar-refractivity contribution < 1.29 is 4.52 Å². The van der Waals surface area contributed by atoms with E-state index in [9.17, 15) is 0 Å². The molecule has 1 aromatic carbocycles. The van der Waals surface area contributed by atoms with Crippen LogP contribution in [0.3, 0.4) is 0 Å². The molecule has 0 unspecified atom stereocenters. The van der Waals surface area contributed by atoms with Gasteiger partial charge in [0.2, 0.25) is 11.7 Å². The molecular weight excluding hydrogens is 426 g/mol. The fourth-order valence-corrected chi connectivity index (χ4v) is 4.53. The largest absolute Gasteiger partial charge is 0.370 e. The van der Waals surface area contributed by atoms with Crippen LogP contribution in [0.1, 0.15) is 17.9 Å². The van der Waals surface area contributed by atoms with Crippen LogP contribution in [0.4, 0.5) is 5.69 Å². The Balaban J connectivity index is 1.37. The minimum Gasteiger partial charge on any atom is -0.370 e. The summed E-state index contributed by atoms with van der Waals surface area (Å²) in [5.41, 5.74) is 1.86. The first-order chi connectivity index (χ1) is 13.2. The highest BCUT2D eigenvalue weighted by molar-refractivity contribution is 9.10. The van der Waals surface area contributed by atoms with E-state index in [4.69, 9.17) is 9.78 Å². The molecule has 0 aliphatic carbocycles. The van der Waals surface area contributed by atoms with Gasteiger partial charge >= 0.3 is 0 Å². The lowest BCUT2D eigenvalue weighted by molar-refractivity contribution is 0.239. The number of hydrogen-bond acceptors (Lipinski definition) is 7. The lowest BCUT2D eigenvalue weighted by Crippen LogP contribution is -2.30. The summed E-state index contributed by atoms with van der Waals surface area (Å²) in [6.45, 7) is 4.53. The van der Waals surface area contributed by atoms with Crippen LogP contribution >= 0.6 is 27.3 Å². The van der Waals surface area contributed by atoms with Gasteiger partial charge in [-0.2, -0.15) is 10.2 Å². The van der Waals surface area contributed by atoms with E-state index in [1.165, 1.54) is 5.69 Å². The molecule has 1 aliphatic rings. The number of benzene rings is 1. The van der Waals surface area contributed by atoms with Crippen LogP contribution in [0, 0.1) is 11.3 Å². The molecule has 3 aromatic rings. The molecule has 0 amide bonds. The van der Waals surface area contributed by atoms with Gasteiger partial charge in [-0.1, -0.05) is 5.16 Å². The van der Waals surface area contributed by atoms with E-state index in [2.05, 4.69) is 41.9 Å². The zero-order valence-corrected chi connectivity index (χ0v) is 17.0. The molecule has 3 heterocycles. The van der Waals surface area contributed by atoms with Crippen molar-refractivity contribution in [2.75, 3.05) is 31.1 Å². The summed E-state index contributed by atoms with van der Waals surface area (Å²) in [5.74, 6) is 1.30.